The second kappa shape index (κ2) is 13.9. The Bertz CT molecular complexity index is 830. The Balaban J connectivity index is 1.27. The number of hydrogen-bond donors (Lipinski definition) is 2. The van der Waals surface area contributed by atoms with Crippen molar-refractivity contribution in [1.82, 2.24) is 10.2 Å². The highest BCUT2D eigenvalue weighted by Crippen LogP contribution is 2.26. The smallest absolute Gasteiger partial charge is 0.120 e. The molecule has 1 atom stereocenters. The summed E-state index contributed by atoms with van der Waals surface area (Å²) in [4.78, 5) is 2.41. The molecular weight excluding hydrogens is 463 g/mol. The van der Waals surface area contributed by atoms with Gasteiger partial charge in [-0.2, -0.15) is 0 Å². The summed E-state index contributed by atoms with van der Waals surface area (Å²) in [7, 11) is 1.66. The number of piperidine rings is 1. The lowest BCUT2D eigenvalue weighted by molar-refractivity contribution is 0.103. The van der Waals surface area contributed by atoms with Crippen LogP contribution in [0.1, 0.15) is 19.3 Å². The van der Waals surface area contributed by atoms with Crippen molar-refractivity contribution < 1.29 is 19.3 Å². The number of aliphatic hydroxyl groups excluding tert-OH is 1. The fourth-order valence-electron chi connectivity index (χ4n) is 3.87. The van der Waals surface area contributed by atoms with Gasteiger partial charge in [0.1, 0.15) is 17.2 Å². The Hall–Kier alpha value is -1.70. The molecule has 0 amide bonds. The number of methoxy groups -OCH3 is 1. The van der Waals surface area contributed by atoms with Crippen LogP contribution in [0.15, 0.2) is 42.5 Å². The van der Waals surface area contributed by atoms with Crippen LogP contribution in [0.4, 0.5) is 0 Å². The van der Waals surface area contributed by atoms with E-state index in [9.17, 15) is 5.11 Å². The fourth-order valence-corrected chi connectivity index (χ4v) is 4.16. The molecule has 182 valence electrons. The minimum atomic E-state index is 0.0547. The Labute approximate surface area is 206 Å². The van der Waals surface area contributed by atoms with Gasteiger partial charge in [-0.1, -0.05) is 23.2 Å². The van der Waals surface area contributed by atoms with Crippen LogP contribution in [0.2, 0.25) is 10.0 Å². The van der Waals surface area contributed by atoms with E-state index in [1.165, 1.54) is 0 Å². The lowest BCUT2D eigenvalue weighted by Crippen LogP contribution is -2.45. The van der Waals surface area contributed by atoms with Crippen LogP contribution in [-0.4, -0.2) is 69.2 Å². The molecule has 0 spiro atoms. The lowest BCUT2D eigenvalue weighted by Gasteiger charge is -2.34. The zero-order valence-corrected chi connectivity index (χ0v) is 20.7. The Morgan fingerprint density at radius 2 is 1.70 bits per heavy atom. The zero-order chi connectivity index (χ0) is 23.5. The predicted molar refractivity (Wildman–Crippen MR) is 133 cm³/mol. The highest BCUT2D eigenvalue weighted by molar-refractivity contribution is 6.42. The fraction of sp³-hybridized carbons (Fsp3) is 0.520. The van der Waals surface area contributed by atoms with Crippen LogP contribution in [0.25, 0.3) is 0 Å². The number of hydrogen-bond acceptors (Lipinski definition) is 6. The van der Waals surface area contributed by atoms with Gasteiger partial charge in [-0.15, -0.1) is 0 Å². The molecule has 33 heavy (non-hydrogen) atoms. The van der Waals surface area contributed by atoms with E-state index in [1.54, 1.807) is 25.3 Å². The van der Waals surface area contributed by atoms with Crippen LogP contribution in [0, 0.1) is 5.92 Å². The third-order valence-corrected chi connectivity index (χ3v) is 6.56. The van der Waals surface area contributed by atoms with E-state index in [2.05, 4.69) is 10.2 Å². The second-order valence-electron chi connectivity index (χ2n) is 8.34. The third-order valence-electron chi connectivity index (χ3n) is 5.82. The molecule has 0 unspecified atom stereocenters. The monoisotopic (exact) mass is 496 g/mol. The predicted octanol–water partition coefficient (Wildman–Crippen LogP) is 4.51. The normalized spacial score (nSPS) is 15.9. The van der Waals surface area contributed by atoms with Gasteiger partial charge in [-0.25, -0.2) is 0 Å². The first kappa shape index (κ1) is 25.9. The quantitative estimate of drug-likeness (QED) is 0.397. The first-order valence-electron chi connectivity index (χ1n) is 11.5. The van der Waals surface area contributed by atoms with Gasteiger partial charge in [0, 0.05) is 24.6 Å². The van der Waals surface area contributed by atoms with Gasteiger partial charge < -0.3 is 29.5 Å². The molecule has 1 heterocycles. The van der Waals surface area contributed by atoms with Crippen molar-refractivity contribution in [2.45, 2.75) is 25.3 Å². The first-order chi connectivity index (χ1) is 16.1. The maximum atomic E-state index is 9.78. The van der Waals surface area contributed by atoms with Gasteiger partial charge in [-0.3, -0.25) is 0 Å². The molecule has 0 aliphatic carbocycles. The third kappa shape index (κ3) is 8.87. The van der Waals surface area contributed by atoms with Crippen LogP contribution in [-0.2, 0) is 0 Å². The molecule has 1 saturated heterocycles. The minimum Gasteiger partial charge on any atom is -0.497 e. The van der Waals surface area contributed by atoms with Gasteiger partial charge in [0.2, 0.25) is 0 Å². The van der Waals surface area contributed by atoms with Crippen molar-refractivity contribution >= 4 is 23.2 Å². The Morgan fingerprint density at radius 1 is 1.00 bits per heavy atom. The van der Waals surface area contributed by atoms with Crippen molar-refractivity contribution in [2.24, 2.45) is 5.92 Å². The Kier molecular flexibility index (Phi) is 10.9. The number of ether oxygens (including phenoxy) is 3. The summed E-state index contributed by atoms with van der Waals surface area (Å²) in [6.45, 7) is 5.02. The lowest BCUT2D eigenvalue weighted by atomic mass is 10.0. The summed E-state index contributed by atoms with van der Waals surface area (Å²) >= 11 is 12.0. The maximum absolute atomic E-state index is 9.78. The molecule has 2 aromatic rings. The standard InChI is InChI=1S/C25H34Cl2N2O4/c1-31-21-3-5-22(6-4-21)32-14-2-11-28-20-9-12-29(13-10-20)16-19(17-30)18-33-23-7-8-24(26)25(27)15-23/h3-8,15,19-20,28,30H,2,9-14,16-18H2,1H3/t19-/m1/s1. The topological polar surface area (TPSA) is 63.2 Å². The van der Waals surface area contributed by atoms with E-state index >= 15 is 0 Å². The highest BCUT2D eigenvalue weighted by Gasteiger charge is 2.21. The summed E-state index contributed by atoms with van der Waals surface area (Å²) in [6.07, 6.45) is 3.17. The highest BCUT2D eigenvalue weighted by atomic mass is 35.5. The molecule has 1 aliphatic rings. The molecule has 6 nitrogen and oxygen atoms in total. The van der Waals surface area contributed by atoms with Gasteiger partial charge >= 0.3 is 0 Å². The maximum Gasteiger partial charge on any atom is 0.120 e. The molecule has 2 N–H and O–H groups in total. The number of rotatable bonds is 13. The number of likely N-dealkylation sites (tertiary alicyclic amines) is 1. The van der Waals surface area contributed by atoms with E-state index in [1.807, 2.05) is 24.3 Å². The zero-order valence-electron chi connectivity index (χ0n) is 19.1. The summed E-state index contributed by atoms with van der Waals surface area (Å²) < 4.78 is 16.8. The number of halogens is 2. The van der Waals surface area contributed by atoms with Crippen LogP contribution in [0.5, 0.6) is 17.2 Å². The molecule has 0 radical (unpaired) electrons. The van der Waals surface area contributed by atoms with E-state index in [0.717, 1.165) is 56.9 Å². The summed E-state index contributed by atoms with van der Waals surface area (Å²) in [5.74, 6) is 2.42. The molecule has 1 aliphatic heterocycles. The summed E-state index contributed by atoms with van der Waals surface area (Å²) in [6, 6.07) is 13.4. The van der Waals surface area contributed by atoms with Crippen molar-refractivity contribution in [1.29, 1.82) is 0 Å². The number of nitrogens with zero attached hydrogens (tertiary/aromatic N) is 1. The van der Waals surface area contributed by atoms with Crippen LogP contribution >= 0.6 is 23.2 Å². The van der Waals surface area contributed by atoms with Crippen LogP contribution < -0.4 is 19.5 Å². The molecule has 2 aromatic carbocycles. The molecule has 0 bridgehead atoms. The summed E-state index contributed by atoms with van der Waals surface area (Å²) in [5.41, 5.74) is 0. The SMILES string of the molecule is COc1ccc(OCCCNC2CCN(C[C@H](CO)COc3ccc(Cl)c(Cl)c3)CC2)cc1. The second-order valence-corrected chi connectivity index (χ2v) is 9.16. The Morgan fingerprint density at radius 3 is 2.36 bits per heavy atom. The van der Waals surface area contributed by atoms with Gasteiger partial charge in [0.05, 0.1) is 37.0 Å². The molecular formula is C25H34Cl2N2O4. The van der Waals surface area contributed by atoms with E-state index in [-0.39, 0.29) is 12.5 Å². The van der Waals surface area contributed by atoms with Crippen molar-refractivity contribution in [3.05, 3.63) is 52.5 Å². The van der Waals surface area contributed by atoms with Gasteiger partial charge in [0.15, 0.2) is 0 Å². The molecule has 3 rings (SSSR count). The van der Waals surface area contributed by atoms with E-state index in [0.29, 0.717) is 35.1 Å². The molecule has 0 saturated carbocycles. The van der Waals surface area contributed by atoms with Crippen LogP contribution in [0.3, 0.4) is 0 Å². The average molecular weight is 497 g/mol. The number of nitrogens with one attached hydrogen (secondary N) is 1. The van der Waals surface area contributed by atoms with Gasteiger partial charge in [0.25, 0.3) is 0 Å². The molecule has 8 heteroatoms. The van der Waals surface area contributed by atoms with E-state index < -0.39 is 0 Å². The first-order valence-corrected chi connectivity index (χ1v) is 12.2. The average Bonchev–Trinajstić information content (AvgIpc) is 2.85. The molecule has 1 fully saturated rings. The summed E-state index contributed by atoms with van der Waals surface area (Å²) in [5, 5.41) is 14.4. The van der Waals surface area contributed by atoms with Gasteiger partial charge in [-0.05, 0) is 75.3 Å². The number of aliphatic hydroxyl groups is 1. The van der Waals surface area contributed by atoms with Crippen molar-refractivity contribution in [3.8, 4) is 17.2 Å². The van der Waals surface area contributed by atoms with Crippen molar-refractivity contribution in [2.75, 3.05) is 53.1 Å². The van der Waals surface area contributed by atoms with Crippen molar-refractivity contribution in [3.63, 3.8) is 0 Å². The molecule has 0 aromatic heterocycles. The minimum absolute atomic E-state index is 0.0547. The van der Waals surface area contributed by atoms with E-state index in [4.69, 9.17) is 37.4 Å². The largest absolute Gasteiger partial charge is 0.497 e. The number of benzene rings is 2.